The smallest absolute Gasteiger partial charge is 0.279 e. The Bertz CT molecular complexity index is 664. The van der Waals surface area contributed by atoms with Crippen LogP contribution in [0.4, 0.5) is 0 Å². The lowest BCUT2D eigenvalue weighted by Crippen LogP contribution is -2.73. The number of fused-ring (bicyclic) bond motifs is 2. The number of nitrogens with zero attached hydrogens (tertiary/aromatic N) is 3. The molecular formula is C17H31N5O3S. The monoisotopic (exact) mass is 385 g/mol. The summed E-state index contributed by atoms with van der Waals surface area (Å²) < 4.78 is 28.3. The maximum atomic E-state index is 12.4. The number of rotatable bonds is 9. The van der Waals surface area contributed by atoms with E-state index in [9.17, 15) is 18.5 Å². The molecule has 1 atom stereocenters. The molecule has 0 heterocycles. The van der Waals surface area contributed by atoms with Gasteiger partial charge in [-0.15, -0.1) is 0 Å². The molecule has 0 spiro atoms. The summed E-state index contributed by atoms with van der Waals surface area (Å²) in [6.45, 7) is 2.17. The van der Waals surface area contributed by atoms with Gasteiger partial charge in [0.05, 0.1) is 12.6 Å². The highest BCUT2D eigenvalue weighted by Crippen LogP contribution is 2.52. The first-order valence-electron chi connectivity index (χ1n) is 9.20. The Labute approximate surface area is 157 Å². The molecule has 26 heavy (non-hydrogen) atoms. The van der Waals surface area contributed by atoms with E-state index in [2.05, 4.69) is 16.1 Å². The van der Waals surface area contributed by atoms with Crippen molar-refractivity contribution in [3.8, 4) is 6.07 Å². The Morgan fingerprint density at radius 1 is 1.23 bits per heavy atom. The van der Waals surface area contributed by atoms with Gasteiger partial charge in [0.2, 0.25) is 5.91 Å². The van der Waals surface area contributed by atoms with Gasteiger partial charge in [-0.05, 0) is 38.5 Å². The fraction of sp³-hybridized carbons (Fsp3) is 0.882. The van der Waals surface area contributed by atoms with E-state index in [0.717, 1.165) is 25.7 Å². The van der Waals surface area contributed by atoms with Crippen LogP contribution in [0.1, 0.15) is 51.9 Å². The molecule has 3 saturated carbocycles. The third kappa shape index (κ3) is 4.36. The lowest BCUT2D eigenvalue weighted by atomic mass is 9.55. The second-order valence-electron chi connectivity index (χ2n) is 7.95. The zero-order valence-corrected chi connectivity index (χ0v) is 17.0. The molecule has 0 aromatic rings. The number of hydrogen-bond acceptors (Lipinski definition) is 5. The Hall–Kier alpha value is -1.21. The van der Waals surface area contributed by atoms with Crippen molar-refractivity contribution in [1.82, 2.24) is 19.2 Å². The summed E-state index contributed by atoms with van der Waals surface area (Å²) in [7, 11) is 1.24. The van der Waals surface area contributed by atoms with Gasteiger partial charge in [-0.3, -0.25) is 4.79 Å². The van der Waals surface area contributed by atoms with Gasteiger partial charge in [0.1, 0.15) is 6.04 Å². The molecule has 2 bridgehead atoms. The summed E-state index contributed by atoms with van der Waals surface area (Å²) in [5.74, 6) is -0.101. The Kier molecular flexibility index (Phi) is 6.33. The van der Waals surface area contributed by atoms with E-state index >= 15 is 0 Å². The molecule has 3 rings (SSSR count). The summed E-state index contributed by atoms with van der Waals surface area (Å²) in [6.07, 6.45) is 5.59. The number of hydrogen-bond donors (Lipinski definition) is 2. The van der Waals surface area contributed by atoms with Gasteiger partial charge >= 0.3 is 0 Å². The highest BCUT2D eigenvalue weighted by Gasteiger charge is 2.58. The summed E-state index contributed by atoms with van der Waals surface area (Å²) in [5, 5.41) is 12.6. The number of amides is 1. The SMILES string of the molecule is CCCC(C#N)N(C)C(=O)CNC12CCCC(NS(=O)(=O)N(C)C)(C1)C2. The van der Waals surface area contributed by atoms with E-state index in [-0.39, 0.29) is 18.0 Å². The molecule has 1 unspecified atom stereocenters. The molecule has 8 nitrogen and oxygen atoms in total. The maximum Gasteiger partial charge on any atom is 0.279 e. The van der Waals surface area contributed by atoms with Crippen LogP contribution < -0.4 is 10.0 Å². The molecule has 0 aliphatic heterocycles. The van der Waals surface area contributed by atoms with Crippen molar-refractivity contribution in [2.24, 2.45) is 0 Å². The third-order valence-electron chi connectivity index (χ3n) is 5.68. The van der Waals surface area contributed by atoms with Crippen molar-refractivity contribution in [2.45, 2.75) is 69.0 Å². The van der Waals surface area contributed by atoms with Crippen LogP contribution in [0.5, 0.6) is 0 Å². The summed E-state index contributed by atoms with van der Waals surface area (Å²) in [5.41, 5.74) is -0.586. The highest BCUT2D eigenvalue weighted by molar-refractivity contribution is 7.87. The molecule has 3 fully saturated rings. The topological polar surface area (TPSA) is 106 Å². The second-order valence-corrected chi connectivity index (χ2v) is 9.83. The minimum atomic E-state index is -3.47. The zero-order valence-electron chi connectivity index (χ0n) is 16.2. The minimum Gasteiger partial charge on any atom is -0.329 e. The second kappa shape index (κ2) is 7.80. The molecular weight excluding hydrogens is 354 g/mol. The van der Waals surface area contributed by atoms with Crippen LogP contribution >= 0.6 is 0 Å². The van der Waals surface area contributed by atoms with E-state index in [1.807, 2.05) is 6.92 Å². The van der Waals surface area contributed by atoms with Crippen LogP contribution in [0.25, 0.3) is 0 Å². The van der Waals surface area contributed by atoms with Crippen molar-refractivity contribution < 1.29 is 13.2 Å². The van der Waals surface area contributed by atoms with Gasteiger partial charge in [-0.1, -0.05) is 13.3 Å². The molecule has 1 amide bonds. The first-order chi connectivity index (χ1) is 12.1. The van der Waals surface area contributed by atoms with E-state index in [1.54, 1.807) is 7.05 Å². The van der Waals surface area contributed by atoms with Gasteiger partial charge in [0, 0.05) is 32.2 Å². The van der Waals surface area contributed by atoms with E-state index in [0.29, 0.717) is 19.3 Å². The molecule has 0 radical (unpaired) electrons. The summed E-state index contributed by atoms with van der Waals surface area (Å²) in [4.78, 5) is 13.9. The van der Waals surface area contributed by atoms with Crippen molar-refractivity contribution in [1.29, 1.82) is 5.26 Å². The average Bonchev–Trinajstić information content (AvgIpc) is 2.55. The molecule has 0 aromatic carbocycles. The minimum absolute atomic E-state index is 0.101. The molecule has 0 saturated heterocycles. The summed E-state index contributed by atoms with van der Waals surface area (Å²) in [6, 6.07) is 1.78. The fourth-order valence-electron chi connectivity index (χ4n) is 4.24. The van der Waals surface area contributed by atoms with Crippen molar-refractivity contribution in [2.75, 3.05) is 27.7 Å². The van der Waals surface area contributed by atoms with Crippen LogP contribution in [-0.4, -0.2) is 68.3 Å². The predicted molar refractivity (Wildman–Crippen MR) is 99.4 cm³/mol. The Balaban J connectivity index is 1.92. The van der Waals surface area contributed by atoms with E-state index in [4.69, 9.17) is 0 Å². The fourth-order valence-corrected chi connectivity index (χ4v) is 5.22. The van der Waals surface area contributed by atoms with Crippen molar-refractivity contribution in [3.05, 3.63) is 0 Å². The Morgan fingerprint density at radius 3 is 2.38 bits per heavy atom. The van der Waals surface area contributed by atoms with Gasteiger partial charge in [-0.25, -0.2) is 0 Å². The van der Waals surface area contributed by atoms with Crippen LogP contribution in [0.2, 0.25) is 0 Å². The number of carbonyl (C=O) groups is 1. The molecule has 2 N–H and O–H groups in total. The van der Waals surface area contributed by atoms with Crippen molar-refractivity contribution in [3.63, 3.8) is 0 Å². The standard InChI is InChI=1S/C17H31N5O3S/c1-5-7-14(10-18)22(4)15(23)11-19-16-8-6-9-17(12-16,13-16)20-26(24,25)21(2)3/h14,19-20H,5-9,11-13H2,1-4H3. The van der Waals surface area contributed by atoms with Gasteiger partial charge in [0.15, 0.2) is 0 Å². The van der Waals surface area contributed by atoms with Gasteiger partial charge in [0.25, 0.3) is 10.2 Å². The van der Waals surface area contributed by atoms with Crippen molar-refractivity contribution >= 4 is 16.1 Å². The number of carbonyl (C=O) groups excluding carboxylic acids is 1. The van der Waals surface area contributed by atoms with Crippen LogP contribution in [-0.2, 0) is 15.0 Å². The van der Waals surface area contributed by atoms with Gasteiger partial charge < -0.3 is 10.2 Å². The third-order valence-corrected chi connectivity index (χ3v) is 7.33. The number of nitriles is 1. The number of likely N-dealkylation sites (N-methyl/N-ethyl adjacent to an activating group) is 1. The molecule has 3 aliphatic carbocycles. The quantitative estimate of drug-likeness (QED) is 0.604. The average molecular weight is 386 g/mol. The van der Waals surface area contributed by atoms with Gasteiger partial charge in [-0.2, -0.15) is 22.7 Å². The number of nitrogens with one attached hydrogen (secondary N) is 2. The first kappa shape index (κ1) is 21.1. The largest absolute Gasteiger partial charge is 0.329 e. The molecule has 9 heteroatoms. The predicted octanol–water partition coefficient (Wildman–Crippen LogP) is 0.578. The summed E-state index contributed by atoms with van der Waals surface area (Å²) >= 11 is 0. The zero-order chi connectivity index (χ0) is 19.6. The Morgan fingerprint density at radius 2 is 1.85 bits per heavy atom. The normalized spacial score (nSPS) is 28.9. The van der Waals surface area contributed by atoms with Crippen LogP contribution in [0.15, 0.2) is 0 Å². The highest BCUT2D eigenvalue weighted by atomic mass is 32.2. The first-order valence-corrected chi connectivity index (χ1v) is 10.6. The lowest BCUT2D eigenvalue weighted by Gasteiger charge is -2.61. The van der Waals surface area contributed by atoms with E-state index in [1.165, 1.54) is 23.3 Å². The molecule has 3 aliphatic rings. The molecule has 148 valence electrons. The van der Waals surface area contributed by atoms with Crippen LogP contribution in [0.3, 0.4) is 0 Å². The van der Waals surface area contributed by atoms with E-state index < -0.39 is 21.8 Å². The lowest BCUT2D eigenvalue weighted by molar-refractivity contribution is -0.131. The maximum absolute atomic E-state index is 12.4. The van der Waals surface area contributed by atoms with Crippen LogP contribution in [0, 0.1) is 11.3 Å². The molecule has 0 aromatic heterocycles.